The van der Waals surface area contributed by atoms with Crippen LogP contribution in [0.25, 0.3) is 11.1 Å². The van der Waals surface area contributed by atoms with E-state index in [-0.39, 0.29) is 25.5 Å². The quantitative estimate of drug-likeness (QED) is 0.411. The number of carbonyl (C=O) groups is 3. The van der Waals surface area contributed by atoms with Crippen LogP contribution in [-0.2, 0) is 20.7 Å². The average Bonchev–Trinajstić information content (AvgIpc) is 3.47. The number of rotatable bonds is 9. The zero-order chi connectivity index (χ0) is 24.8. The van der Waals surface area contributed by atoms with Crippen LogP contribution in [0.15, 0.2) is 61.1 Å². The number of ether oxygens (including phenoxy) is 1. The Balaban J connectivity index is 1.48. The first-order chi connectivity index (χ1) is 17.0. The summed E-state index contributed by atoms with van der Waals surface area (Å²) in [5.74, 6) is 0.297. The highest BCUT2D eigenvalue weighted by Crippen LogP contribution is 2.44. The third-order valence-corrected chi connectivity index (χ3v) is 5.83. The molecule has 2 amide bonds. The molecule has 35 heavy (non-hydrogen) atoms. The van der Waals surface area contributed by atoms with Crippen LogP contribution < -0.4 is 5.32 Å². The summed E-state index contributed by atoms with van der Waals surface area (Å²) in [6.07, 6.45) is 7.54. The van der Waals surface area contributed by atoms with Crippen molar-refractivity contribution in [2.45, 2.75) is 18.4 Å². The number of hydrogen-bond donors (Lipinski definition) is 3. The van der Waals surface area contributed by atoms with Crippen LogP contribution in [0.4, 0.5) is 4.79 Å². The molecule has 1 aromatic heterocycles. The number of terminal acetylenes is 1. The standard InChI is InChI=1S/C26H24N4O5/c1-2-11-30(14-24(31)32)25(33)23(12-17-13-27-16-28-17)29-26(34)35-15-22-20-9-5-3-7-18(20)19-8-4-6-10-21(19)22/h1,3-10,13,16,22-23H,11-12,14-15H2,(H,27,28)(H,29,34)(H,31,32)/t23-/m0/s1. The van der Waals surface area contributed by atoms with Crippen molar-refractivity contribution in [3.63, 3.8) is 0 Å². The van der Waals surface area contributed by atoms with Crippen molar-refractivity contribution >= 4 is 18.0 Å². The van der Waals surface area contributed by atoms with Gasteiger partial charge in [-0.15, -0.1) is 6.42 Å². The monoisotopic (exact) mass is 472 g/mol. The number of carboxylic acids is 1. The van der Waals surface area contributed by atoms with Crippen LogP contribution >= 0.6 is 0 Å². The highest BCUT2D eigenvalue weighted by Gasteiger charge is 2.31. The van der Waals surface area contributed by atoms with Crippen molar-refractivity contribution < 1.29 is 24.2 Å². The first kappa shape index (κ1) is 23.6. The molecule has 0 bridgehead atoms. The number of benzene rings is 2. The fourth-order valence-electron chi connectivity index (χ4n) is 4.30. The Labute approximate surface area is 202 Å². The number of amides is 2. The van der Waals surface area contributed by atoms with E-state index < -0.39 is 30.6 Å². The summed E-state index contributed by atoms with van der Waals surface area (Å²) in [7, 11) is 0. The maximum Gasteiger partial charge on any atom is 0.407 e. The maximum atomic E-state index is 13.1. The van der Waals surface area contributed by atoms with Gasteiger partial charge in [0.2, 0.25) is 5.91 Å². The van der Waals surface area contributed by atoms with E-state index in [1.807, 2.05) is 48.5 Å². The lowest BCUT2D eigenvalue weighted by molar-refractivity contribution is -0.144. The van der Waals surface area contributed by atoms with Crippen LogP contribution in [0.3, 0.4) is 0 Å². The van der Waals surface area contributed by atoms with Crippen LogP contribution in [0, 0.1) is 12.3 Å². The highest BCUT2D eigenvalue weighted by molar-refractivity contribution is 5.88. The number of alkyl carbamates (subject to hydrolysis) is 1. The highest BCUT2D eigenvalue weighted by atomic mass is 16.5. The largest absolute Gasteiger partial charge is 0.480 e. The third-order valence-electron chi connectivity index (χ3n) is 5.83. The molecule has 1 aliphatic carbocycles. The van der Waals surface area contributed by atoms with Crippen LogP contribution in [0.1, 0.15) is 22.7 Å². The number of fused-ring (bicyclic) bond motifs is 3. The summed E-state index contributed by atoms with van der Waals surface area (Å²) in [6.45, 7) is -0.722. The van der Waals surface area contributed by atoms with Crippen molar-refractivity contribution in [2.24, 2.45) is 0 Å². The molecule has 0 saturated heterocycles. The van der Waals surface area contributed by atoms with Crippen molar-refractivity contribution in [1.82, 2.24) is 20.2 Å². The number of nitrogens with zero attached hydrogens (tertiary/aromatic N) is 2. The molecule has 2 aromatic carbocycles. The molecular weight excluding hydrogens is 448 g/mol. The Hall–Kier alpha value is -4.58. The minimum atomic E-state index is -1.21. The van der Waals surface area contributed by atoms with Gasteiger partial charge in [-0.1, -0.05) is 54.5 Å². The minimum Gasteiger partial charge on any atom is -0.480 e. The second-order valence-corrected chi connectivity index (χ2v) is 8.10. The number of H-pyrrole nitrogens is 1. The van der Waals surface area contributed by atoms with Crippen molar-refractivity contribution in [1.29, 1.82) is 0 Å². The predicted octanol–water partition coefficient (Wildman–Crippen LogP) is 2.41. The number of aromatic amines is 1. The number of nitrogens with one attached hydrogen (secondary N) is 2. The Morgan fingerprint density at radius 2 is 1.80 bits per heavy atom. The van der Waals surface area contributed by atoms with Crippen LogP contribution in [-0.4, -0.2) is 63.7 Å². The second kappa shape index (κ2) is 10.6. The molecule has 4 rings (SSSR count). The van der Waals surface area contributed by atoms with Gasteiger partial charge < -0.3 is 25.0 Å². The average molecular weight is 473 g/mol. The van der Waals surface area contributed by atoms with Gasteiger partial charge in [-0.2, -0.15) is 0 Å². The fourth-order valence-corrected chi connectivity index (χ4v) is 4.30. The molecule has 1 heterocycles. The van der Waals surface area contributed by atoms with Crippen LogP contribution in [0.5, 0.6) is 0 Å². The van der Waals surface area contributed by atoms with Gasteiger partial charge >= 0.3 is 12.1 Å². The third kappa shape index (κ3) is 5.33. The van der Waals surface area contributed by atoms with E-state index >= 15 is 0 Å². The fraction of sp³-hybridized carbons (Fsp3) is 0.231. The van der Waals surface area contributed by atoms with E-state index in [4.69, 9.17) is 16.3 Å². The van der Waals surface area contributed by atoms with E-state index in [0.29, 0.717) is 5.69 Å². The Morgan fingerprint density at radius 1 is 1.14 bits per heavy atom. The van der Waals surface area contributed by atoms with E-state index in [9.17, 15) is 14.4 Å². The zero-order valence-corrected chi connectivity index (χ0v) is 18.8. The van der Waals surface area contributed by atoms with E-state index in [0.717, 1.165) is 27.2 Å². The van der Waals surface area contributed by atoms with Gasteiger partial charge in [-0.3, -0.25) is 9.59 Å². The predicted molar refractivity (Wildman–Crippen MR) is 127 cm³/mol. The Morgan fingerprint density at radius 3 is 2.37 bits per heavy atom. The minimum absolute atomic E-state index is 0.0592. The molecule has 0 radical (unpaired) electrons. The van der Waals surface area contributed by atoms with E-state index in [1.165, 1.54) is 12.5 Å². The molecule has 0 saturated carbocycles. The molecule has 0 spiro atoms. The second-order valence-electron chi connectivity index (χ2n) is 8.10. The molecule has 1 aliphatic rings. The molecule has 0 aliphatic heterocycles. The summed E-state index contributed by atoms with van der Waals surface area (Å²) in [6, 6.07) is 14.8. The Kier molecular flexibility index (Phi) is 7.12. The van der Waals surface area contributed by atoms with Gasteiger partial charge in [0, 0.05) is 24.2 Å². The van der Waals surface area contributed by atoms with Crippen molar-refractivity contribution in [3.05, 3.63) is 77.9 Å². The number of aliphatic carboxylic acids is 1. The number of aromatic nitrogens is 2. The molecular formula is C26H24N4O5. The van der Waals surface area contributed by atoms with Gasteiger partial charge in [-0.05, 0) is 22.3 Å². The molecule has 9 heteroatoms. The summed E-state index contributed by atoms with van der Waals surface area (Å²) < 4.78 is 5.56. The molecule has 1 atom stereocenters. The lowest BCUT2D eigenvalue weighted by atomic mass is 9.98. The van der Waals surface area contributed by atoms with E-state index in [1.54, 1.807) is 0 Å². The van der Waals surface area contributed by atoms with Gasteiger partial charge in [-0.25, -0.2) is 9.78 Å². The van der Waals surface area contributed by atoms with Gasteiger partial charge in [0.15, 0.2) is 0 Å². The number of imidazole rings is 1. The molecule has 9 nitrogen and oxygen atoms in total. The lowest BCUT2D eigenvalue weighted by Crippen LogP contribution is -2.51. The maximum absolute atomic E-state index is 13.1. The van der Waals surface area contributed by atoms with E-state index in [2.05, 4.69) is 21.2 Å². The van der Waals surface area contributed by atoms with Crippen molar-refractivity contribution in [3.8, 4) is 23.5 Å². The molecule has 0 unspecified atom stereocenters. The summed E-state index contributed by atoms with van der Waals surface area (Å²) in [4.78, 5) is 44.9. The molecule has 3 aromatic rings. The number of carboxylic acid groups (broad SMARTS) is 1. The lowest BCUT2D eigenvalue weighted by Gasteiger charge is -2.25. The number of carbonyl (C=O) groups excluding carboxylic acids is 2. The molecule has 3 N–H and O–H groups in total. The van der Waals surface area contributed by atoms with Crippen molar-refractivity contribution in [2.75, 3.05) is 19.7 Å². The first-order valence-electron chi connectivity index (χ1n) is 11.0. The molecule has 178 valence electrons. The summed E-state index contributed by atoms with van der Waals surface area (Å²) in [5, 5.41) is 11.7. The smallest absolute Gasteiger partial charge is 0.407 e. The molecule has 0 fully saturated rings. The van der Waals surface area contributed by atoms with Crippen LogP contribution in [0.2, 0.25) is 0 Å². The summed E-state index contributed by atoms with van der Waals surface area (Å²) >= 11 is 0. The Bertz CT molecular complexity index is 1220. The van der Waals surface area contributed by atoms with Gasteiger partial charge in [0.1, 0.15) is 19.2 Å². The topological polar surface area (TPSA) is 125 Å². The normalized spacial score (nSPS) is 12.7. The SMILES string of the molecule is C#CCN(CC(=O)O)C(=O)[C@H](Cc1cnc[nH]1)NC(=O)OCC1c2ccccc2-c2ccccc21. The van der Waals surface area contributed by atoms with Gasteiger partial charge in [0.25, 0.3) is 0 Å². The summed E-state index contributed by atoms with van der Waals surface area (Å²) in [5.41, 5.74) is 4.91. The van der Waals surface area contributed by atoms with Gasteiger partial charge in [0.05, 0.1) is 12.9 Å². The first-order valence-corrected chi connectivity index (χ1v) is 11.0. The zero-order valence-electron chi connectivity index (χ0n) is 18.8. The number of hydrogen-bond acceptors (Lipinski definition) is 5.